The van der Waals surface area contributed by atoms with Crippen LogP contribution in [0.2, 0.25) is 0 Å². The van der Waals surface area contributed by atoms with Crippen molar-refractivity contribution in [3.8, 4) is 0 Å². The first-order valence-electron chi connectivity index (χ1n) is 7.53. The quantitative estimate of drug-likeness (QED) is 0.641. The zero-order valence-electron chi connectivity index (χ0n) is 12.8. The molecule has 0 radical (unpaired) electrons. The average molecular weight is 292 g/mol. The van der Waals surface area contributed by atoms with Crippen molar-refractivity contribution in [3.05, 3.63) is 33.9 Å². The van der Waals surface area contributed by atoms with Gasteiger partial charge in [-0.2, -0.15) is 0 Å². The lowest BCUT2D eigenvalue weighted by Gasteiger charge is -2.34. The number of nitro groups is 1. The van der Waals surface area contributed by atoms with E-state index in [0.717, 1.165) is 51.4 Å². The van der Waals surface area contributed by atoms with E-state index in [1.807, 2.05) is 13.0 Å². The molecule has 21 heavy (non-hydrogen) atoms. The summed E-state index contributed by atoms with van der Waals surface area (Å²) in [5, 5.41) is 14.3. The Labute approximate surface area is 125 Å². The molecule has 0 spiro atoms. The van der Waals surface area contributed by atoms with E-state index in [1.165, 1.54) is 0 Å². The second-order valence-corrected chi connectivity index (χ2v) is 5.48. The number of nitro benzene ring substituents is 1. The summed E-state index contributed by atoms with van der Waals surface area (Å²) >= 11 is 0. The Hall–Kier alpha value is -1.66. The molecule has 116 valence electrons. The van der Waals surface area contributed by atoms with E-state index < -0.39 is 0 Å². The molecule has 6 heteroatoms. The number of nitrogens with one attached hydrogen (secondary N) is 1. The van der Waals surface area contributed by atoms with E-state index in [-0.39, 0.29) is 10.6 Å². The molecule has 0 aromatic heterocycles. The molecule has 0 unspecified atom stereocenters. The molecule has 0 atom stereocenters. The first-order valence-corrected chi connectivity index (χ1v) is 7.53. The van der Waals surface area contributed by atoms with Crippen LogP contribution in [-0.2, 0) is 0 Å². The Kier molecular flexibility index (Phi) is 5.52. The Morgan fingerprint density at radius 3 is 2.52 bits per heavy atom. The monoisotopic (exact) mass is 292 g/mol. The van der Waals surface area contributed by atoms with Gasteiger partial charge in [-0.3, -0.25) is 15.0 Å². The molecule has 1 aliphatic rings. The molecule has 1 heterocycles. The highest BCUT2D eigenvalue weighted by atomic mass is 16.6. The van der Waals surface area contributed by atoms with Gasteiger partial charge in [-0.15, -0.1) is 0 Å². The van der Waals surface area contributed by atoms with E-state index >= 15 is 0 Å². The molecular weight excluding hydrogens is 268 g/mol. The summed E-state index contributed by atoms with van der Waals surface area (Å²) in [6.45, 7) is 11.2. The third-order valence-corrected chi connectivity index (χ3v) is 4.01. The molecule has 1 aromatic rings. The van der Waals surface area contributed by atoms with Crippen LogP contribution < -0.4 is 5.32 Å². The topological polar surface area (TPSA) is 61.6 Å². The van der Waals surface area contributed by atoms with Crippen LogP contribution in [0.1, 0.15) is 12.5 Å². The SMILES string of the molecule is CCN1CCN(CCNc2ccc(C)cc2[N+](=O)[O-])CC1. The predicted octanol–water partition coefficient (Wildman–Crippen LogP) is 1.95. The lowest BCUT2D eigenvalue weighted by Crippen LogP contribution is -2.47. The van der Waals surface area contributed by atoms with Crippen molar-refractivity contribution in [2.45, 2.75) is 13.8 Å². The number of benzene rings is 1. The first-order chi connectivity index (χ1) is 10.1. The highest BCUT2D eigenvalue weighted by Crippen LogP contribution is 2.24. The highest BCUT2D eigenvalue weighted by molar-refractivity contribution is 5.62. The van der Waals surface area contributed by atoms with Crippen molar-refractivity contribution < 1.29 is 4.92 Å². The van der Waals surface area contributed by atoms with E-state index in [0.29, 0.717) is 5.69 Å². The van der Waals surface area contributed by atoms with Crippen molar-refractivity contribution in [2.75, 3.05) is 51.1 Å². The molecule has 1 N–H and O–H groups in total. The molecule has 0 aliphatic carbocycles. The third-order valence-electron chi connectivity index (χ3n) is 4.01. The lowest BCUT2D eigenvalue weighted by molar-refractivity contribution is -0.384. The summed E-state index contributed by atoms with van der Waals surface area (Å²) in [5.74, 6) is 0. The number of anilines is 1. The van der Waals surface area contributed by atoms with Gasteiger partial charge in [0.05, 0.1) is 4.92 Å². The Bertz CT molecular complexity index is 485. The summed E-state index contributed by atoms with van der Waals surface area (Å²) < 4.78 is 0. The number of nitrogens with zero attached hydrogens (tertiary/aromatic N) is 3. The maximum absolute atomic E-state index is 11.1. The van der Waals surface area contributed by atoms with Gasteiger partial charge in [0.1, 0.15) is 5.69 Å². The normalized spacial score (nSPS) is 16.9. The smallest absolute Gasteiger partial charge is 0.292 e. The molecule has 0 bridgehead atoms. The van der Waals surface area contributed by atoms with E-state index in [1.54, 1.807) is 12.1 Å². The van der Waals surface area contributed by atoms with Gasteiger partial charge in [-0.25, -0.2) is 0 Å². The Morgan fingerprint density at radius 1 is 1.24 bits per heavy atom. The van der Waals surface area contributed by atoms with E-state index in [4.69, 9.17) is 0 Å². The van der Waals surface area contributed by atoms with Crippen molar-refractivity contribution in [1.82, 2.24) is 9.80 Å². The van der Waals surface area contributed by atoms with Crippen LogP contribution in [0.15, 0.2) is 18.2 Å². The number of likely N-dealkylation sites (N-methyl/N-ethyl adjacent to an activating group) is 1. The van der Waals surface area contributed by atoms with Gasteiger partial charge in [-0.1, -0.05) is 13.0 Å². The van der Waals surface area contributed by atoms with Gasteiger partial charge in [0, 0.05) is 45.3 Å². The van der Waals surface area contributed by atoms with Gasteiger partial charge in [0.15, 0.2) is 0 Å². The third kappa shape index (κ3) is 4.41. The second kappa shape index (κ2) is 7.38. The number of hydrogen-bond acceptors (Lipinski definition) is 5. The number of aryl methyl sites for hydroxylation is 1. The van der Waals surface area contributed by atoms with E-state index in [9.17, 15) is 10.1 Å². The van der Waals surface area contributed by atoms with Crippen LogP contribution in [-0.4, -0.2) is 60.5 Å². The molecule has 1 fully saturated rings. The second-order valence-electron chi connectivity index (χ2n) is 5.48. The van der Waals surface area contributed by atoms with Crippen LogP contribution in [0, 0.1) is 17.0 Å². The van der Waals surface area contributed by atoms with Crippen LogP contribution in [0.3, 0.4) is 0 Å². The standard InChI is InChI=1S/C15H24N4O2/c1-3-17-8-10-18(11-9-17)7-6-16-14-5-4-13(2)12-15(14)19(20)21/h4-5,12,16H,3,6-11H2,1-2H3. The number of piperazine rings is 1. The van der Waals surface area contributed by atoms with Crippen molar-refractivity contribution in [3.63, 3.8) is 0 Å². The summed E-state index contributed by atoms with van der Waals surface area (Å²) in [6, 6.07) is 5.31. The van der Waals surface area contributed by atoms with Crippen LogP contribution in [0.4, 0.5) is 11.4 Å². The molecule has 1 aliphatic heterocycles. The minimum absolute atomic E-state index is 0.158. The lowest BCUT2D eigenvalue weighted by atomic mass is 10.2. The zero-order chi connectivity index (χ0) is 15.2. The Morgan fingerprint density at radius 2 is 1.90 bits per heavy atom. The zero-order valence-corrected chi connectivity index (χ0v) is 12.8. The van der Waals surface area contributed by atoms with Gasteiger partial charge in [0.2, 0.25) is 0 Å². The summed E-state index contributed by atoms with van der Waals surface area (Å²) in [6.07, 6.45) is 0. The van der Waals surface area contributed by atoms with Crippen LogP contribution >= 0.6 is 0 Å². The Balaban J connectivity index is 1.83. The van der Waals surface area contributed by atoms with E-state index in [2.05, 4.69) is 22.0 Å². The van der Waals surface area contributed by atoms with Gasteiger partial charge in [0.25, 0.3) is 5.69 Å². The van der Waals surface area contributed by atoms with Gasteiger partial charge >= 0.3 is 0 Å². The fourth-order valence-corrected chi connectivity index (χ4v) is 2.62. The van der Waals surface area contributed by atoms with Crippen molar-refractivity contribution in [2.24, 2.45) is 0 Å². The molecular formula is C15H24N4O2. The maximum Gasteiger partial charge on any atom is 0.292 e. The van der Waals surface area contributed by atoms with Crippen molar-refractivity contribution in [1.29, 1.82) is 0 Å². The highest BCUT2D eigenvalue weighted by Gasteiger charge is 2.16. The average Bonchev–Trinajstić information content (AvgIpc) is 2.49. The maximum atomic E-state index is 11.1. The summed E-state index contributed by atoms with van der Waals surface area (Å²) in [7, 11) is 0. The fraction of sp³-hybridized carbons (Fsp3) is 0.600. The molecule has 0 saturated carbocycles. The fourth-order valence-electron chi connectivity index (χ4n) is 2.62. The molecule has 1 aromatic carbocycles. The summed E-state index contributed by atoms with van der Waals surface area (Å²) in [4.78, 5) is 15.6. The predicted molar refractivity (Wildman–Crippen MR) is 84.9 cm³/mol. The van der Waals surface area contributed by atoms with Gasteiger partial charge < -0.3 is 10.2 Å². The molecule has 6 nitrogen and oxygen atoms in total. The minimum atomic E-state index is -0.324. The summed E-state index contributed by atoms with van der Waals surface area (Å²) in [5.41, 5.74) is 1.67. The largest absolute Gasteiger partial charge is 0.378 e. The molecule has 1 saturated heterocycles. The van der Waals surface area contributed by atoms with Crippen molar-refractivity contribution >= 4 is 11.4 Å². The molecule has 2 rings (SSSR count). The minimum Gasteiger partial charge on any atom is -0.378 e. The van der Waals surface area contributed by atoms with Gasteiger partial charge in [-0.05, 0) is 25.1 Å². The molecule has 0 amide bonds. The number of rotatable bonds is 6. The number of hydrogen-bond donors (Lipinski definition) is 1. The van der Waals surface area contributed by atoms with Crippen LogP contribution in [0.25, 0.3) is 0 Å². The first kappa shape index (κ1) is 15.7. The van der Waals surface area contributed by atoms with Crippen LogP contribution in [0.5, 0.6) is 0 Å².